The summed E-state index contributed by atoms with van der Waals surface area (Å²) in [5.41, 5.74) is -0.0126. The Bertz CT molecular complexity index is 376. The number of carbonyl (C=O) groups is 1. The first-order valence-corrected chi connectivity index (χ1v) is 5.81. The van der Waals surface area contributed by atoms with E-state index in [2.05, 4.69) is 5.32 Å². The van der Waals surface area contributed by atoms with Gasteiger partial charge >= 0.3 is 0 Å². The van der Waals surface area contributed by atoms with Crippen LogP contribution in [0.5, 0.6) is 0 Å². The highest BCUT2D eigenvalue weighted by molar-refractivity contribution is 6.20. The van der Waals surface area contributed by atoms with Gasteiger partial charge in [0.05, 0.1) is 0 Å². The van der Waals surface area contributed by atoms with Crippen LogP contribution in [0.15, 0.2) is 18.2 Å². The standard InChI is InChI=1S/C12H14ClF2NO/c1-8(13)3-2-4-16-12(17)9-5-10(14)7-11(15)6-9/h5-8H,2-4H2,1H3,(H,16,17). The molecule has 1 atom stereocenters. The summed E-state index contributed by atoms with van der Waals surface area (Å²) in [6, 6.07) is 2.73. The van der Waals surface area contributed by atoms with Crippen molar-refractivity contribution in [2.24, 2.45) is 0 Å². The van der Waals surface area contributed by atoms with Crippen molar-refractivity contribution in [2.45, 2.75) is 25.1 Å². The zero-order valence-electron chi connectivity index (χ0n) is 9.47. The number of hydrogen-bond acceptors (Lipinski definition) is 1. The van der Waals surface area contributed by atoms with Gasteiger partial charge in [0, 0.05) is 23.6 Å². The van der Waals surface area contributed by atoms with Crippen LogP contribution in [-0.2, 0) is 0 Å². The fourth-order valence-electron chi connectivity index (χ4n) is 1.37. The Balaban J connectivity index is 2.47. The third-order valence-electron chi connectivity index (χ3n) is 2.19. The van der Waals surface area contributed by atoms with Gasteiger partial charge in [0.2, 0.25) is 0 Å². The normalized spacial score (nSPS) is 12.2. The summed E-state index contributed by atoms with van der Waals surface area (Å²) in [5, 5.41) is 2.63. The minimum Gasteiger partial charge on any atom is -0.352 e. The highest BCUT2D eigenvalue weighted by Crippen LogP contribution is 2.08. The van der Waals surface area contributed by atoms with E-state index in [1.165, 1.54) is 0 Å². The molecule has 1 amide bonds. The number of nitrogens with one attached hydrogen (secondary N) is 1. The van der Waals surface area contributed by atoms with Crippen molar-refractivity contribution in [2.75, 3.05) is 6.54 Å². The van der Waals surface area contributed by atoms with Crippen molar-refractivity contribution < 1.29 is 13.6 Å². The molecule has 0 spiro atoms. The maximum Gasteiger partial charge on any atom is 0.251 e. The number of alkyl halides is 1. The molecule has 0 aliphatic rings. The quantitative estimate of drug-likeness (QED) is 0.640. The van der Waals surface area contributed by atoms with Gasteiger partial charge in [-0.25, -0.2) is 8.78 Å². The van der Waals surface area contributed by atoms with Gasteiger partial charge in [0.25, 0.3) is 5.91 Å². The molecule has 1 unspecified atom stereocenters. The SMILES string of the molecule is CC(Cl)CCCNC(=O)c1cc(F)cc(F)c1. The first-order valence-electron chi connectivity index (χ1n) is 5.37. The van der Waals surface area contributed by atoms with E-state index in [1.807, 2.05) is 6.92 Å². The van der Waals surface area contributed by atoms with Crippen LogP contribution < -0.4 is 5.32 Å². The van der Waals surface area contributed by atoms with Gasteiger partial charge in [-0.15, -0.1) is 11.6 Å². The molecule has 1 N–H and O–H groups in total. The summed E-state index contributed by atoms with van der Waals surface area (Å²) in [6.45, 7) is 2.30. The summed E-state index contributed by atoms with van der Waals surface area (Å²) in [5.74, 6) is -2.00. The van der Waals surface area contributed by atoms with Crippen molar-refractivity contribution in [1.82, 2.24) is 5.32 Å². The Morgan fingerprint density at radius 3 is 2.47 bits per heavy atom. The van der Waals surface area contributed by atoms with Crippen molar-refractivity contribution in [3.05, 3.63) is 35.4 Å². The maximum atomic E-state index is 12.8. The Kier molecular flexibility index (Phi) is 5.35. The molecule has 0 aliphatic heterocycles. The number of benzene rings is 1. The summed E-state index contributed by atoms with van der Waals surface area (Å²) >= 11 is 5.74. The number of carbonyl (C=O) groups excluding carboxylic acids is 1. The third-order valence-corrected chi connectivity index (χ3v) is 2.41. The van der Waals surface area contributed by atoms with Crippen LogP contribution in [-0.4, -0.2) is 17.8 Å². The van der Waals surface area contributed by atoms with E-state index >= 15 is 0 Å². The number of halogens is 3. The molecule has 0 saturated carbocycles. The zero-order valence-corrected chi connectivity index (χ0v) is 10.2. The average molecular weight is 262 g/mol. The van der Waals surface area contributed by atoms with Gasteiger partial charge in [-0.05, 0) is 31.9 Å². The lowest BCUT2D eigenvalue weighted by atomic mass is 10.2. The molecule has 2 nitrogen and oxygen atoms in total. The molecule has 17 heavy (non-hydrogen) atoms. The summed E-state index contributed by atoms with van der Waals surface area (Å²) in [4.78, 5) is 11.5. The van der Waals surface area contributed by atoms with Crippen LogP contribution in [0, 0.1) is 11.6 Å². The molecule has 94 valence electrons. The van der Waals surface area contributed by atoms with E-state index in [0.717, 1.165) is 31.0 Å². The maximum absolute atomic E-state index is 12.8. The van der Waals surface area contributed by atoms with E-state index in [-0.39, 0.29) is 10.9 Å². The van der Waals surface area contributed by atoms with Gasteiger partial charge < -0.3 is 5.32 Å². The van der Waals surface area contributed by atoms with Crippen LogP contribution in [0.1, 0.15) is 30.1 Å². The molecule has 0 saturated heterocycles. The van der Waals surface area contributed by atoms with E-state index in [9.17, 15) is 13.6 Å². The number of rotatable bonds is 5. The van der Waals surface area contributed by atoms with E-state index in [1.54, 1.807) is 0 Å². The predicted octanol–water partition coefficient (Wildman–Crippen LogP) is 3.10. The van der Waals surface area contributed by atoms with Crippen LogP contribution >= 0.6 is 11.6 Å². The minimum atomic E-state index is -0.760. The van der Waals surface area contributed by atoms with Crippen molar-refractivity contribution in [1.29, 1.82) is 0 Å². The highest BCUT2D eigenvalue weighted by Gasteiger charge is 2.08. The molecular weight excluding hydrogens is 248 g/mol. The number of hydrogen-bond donors (Lipinski definition) is 1. The Labute approximate surface area is 104 Å². The molecule has 0 aliphatic carbocycles. The second kappa shape index (κ2) is 6.55. The van der Waals surface area contributed by atoms with Crippen LogP contribution in [0.2, 0.25) is 0 Å². The highest BCUT2D eigenvalue weighted by atomic mass is 35.5. The summed E-state index contributed by atoms with van der Waals surface area (Å²) < 4.78 is 25.7. The van der Waals surface area contributed by atoms with E-state index in [0.29, 0.717) is 6.54 Å². The van der Waals surface area contributed by atoms with Gasteiger partial charge in [-0.1, -0.05) is 0 Å². The molecule has 1 aromatic carbocycles. The van der Waals surface area contributed by atoms with E-state index in [4.69, 9.17) is 11.6 Å². The summed E-state index contributed by atoms with van der Waals surface area (Å²) in [7, 11) is 0. The lowest BCUT2D eigenvalue weighted by molar-refractivity contribution is 0.0952. The van der Waals surface area contributed by atoms with Crippen LogP contribution in [0.25, 0.3) is 0 Å². The smallest absolute Gasteiger partial charge is 0.251 e. The van der Waals surface area contributed by atoms with Crippen LogP contribution in [0.4, 0.5) is 8.78 Å². The molecule has 0 heterocycles. The molecule has 1 rings (SSSR count). The van der Waals surface area contributed by atoms with Crippen molar-refractivity contribution in [3.8, 4) is 0 Å². The molecule has 0 aromatic heterocycles. The van der Waals surface area contributed by atoms with Crippen molar-refractivity contribution in [3.63, 3.8) is 0 Å². The monoisotopic (exact) mass is 261 g/mol. The minimum absolute atomic E-state index is 0.0126. The van der Waals surface area contributed by atoms with Gasteiger partial charge in [-0.2, -0.15) is 0 Å². The van der Waals surface area contributed by atoms with Gasteiger partial charge in [0.15, 0.2) is 0 Å². The Morgan fingerprint density at radius 2 is 1.94 bits per heavy atom. The van der Waals surface area contributed by atoms with Gasteiger partial charge in [-0.3, -0.25) is 4.79 Å². The lowest BCUT2D eigenvalue weighted by Crippen LogP contribution is -2.25. The Morgan fingerprint density at radius 1 is 1.35 bits per heavy atom. The molecule has 5 heteroatoms. The first kappa shape index (κ1) is 13.9. The molecule has 0 radical (unpaired) electrons. The van der Waals surface area contributed by atoms with E-state index < -0.39 is 17.5 Å². The molecule has 0 bridgehead atoms. The summed E-state index contributed by atoms with van der Waals surface area (Å²) in [6.07, 6.45) is 1.51. The number of amides is 1. The topological polar surface area (TPSA) is 29.1 Å². The molecule has 1 aromatic rings. The predicted molar refractivity (Wildman–Crippen MR) is 63.2 cm³/mol. The largest absolute Gasteiger partial charge is 0.352 e. The zero-order chi connectivity index (χ0) is 12.8. The third kappa shape index (κ3) is 5.13. The van der Waals surface area contributed by atoms with Crippen molar-refractivity contribution >= 4 is 17.5 Å². The molecule has 0 fully saturated rings. The van der Waals surface area contributed by atoms with Crippen LogP contribution in [0.3, 0.4) is 0 Å². The second-order valence-corrected chi connectivity index (χ2v) is 4.58. The Hall–Kier alpha value is -1.16. The second-order valence-electron chi connectivity index (χ2n) is 3.84. The average Bonchev–Trinajstić information content (AvgIpc) is 2.22. The molecular formula is C12H14ClF2NO. The fourth-order valence-corrected chi connectivity index (χ4v) is 1.53. The van der Waals surface area contributed by atoms with Gasteiger partial charge in [0.1, 0.15) is 11.6 Å². The lowest BCUT2D eigenvalue weighted by Gasteiger charge is -2.06. The fraction of sp³-hybridized carbons (Fsp3) is 0.417. The first-order chi connectivity index (χ1) is 7.99.